The molecule has 0 saturated carbocycles. The maximum atomic E-state index is 12.5. The molecule has 2 aliphatic heterocycles. The summed E-state index contributed by atoms with van der Waals surface area (Å²) in [5, 5.41) is 7.15. The van der Waals surface area contributed by atoms with E-state index >= 15 is 0 Å². The molecule has 0 bridgehead atoms. The summed E-state index contributed by atoms with van der Waals surface area (Å²) in [4.78, 5) is 22.8. The monoisotopic (exact) mass is 330 g/mol. The fraction of sp³-hybridized carbons (Fsp3) is 0.438. The van der Waals surface area contributed by atoms with Gasteiger partial charge < -0.3 is 15.0 Å². The molecule has 120 valence electrons. The third-order valence-electron chi connectivity index (χ3n) is 4.48. The van der Waals surface area contributed by atoms with Gasteiger partial charge in [-0.1, -0.05) is 0 Å². The van der Waals surface area contributed by atoms with Gasteiger partial charge in [0.05, 0.1) is 30.4 Å². The minimum Gasteiger partial charge on any atom is -0.371 e. The predicted octanol–water partition coefficient (Wildman–Crippen LogP) is 2.02. The van der Waals surface area contributed by atoms with Crippen LogP contribution in [0, 0.1) is 0 Å². The number of amides is 1. The standard InChI is InChI=1S/C16H18N4O2S/c21-14(12-2-7-23-10-12)20-6-3-16(11-20)8-13(9-22-16)19-15-17-4-1-5-18-15/h1-2,4-5,7,10,13H,3,6,8-9,11H2,(H,17,18,19)/t13-,16+/m0/s1. The summed E-state index contributed by atoms with van der Waals surface area (Å²) in [5.41, 5.74) is 0.551. The summed E-state index contributed by atoms with van der Waals surface area (Å²) in [7, 11) is 0. The Morgan fingerprint density at radius 1 is 1.43 bits per heavy atom. The van der Waals surface area contributed by atoms with Crippen molar-refractivity contribution in [1.29, 1.82) is 0 Å². The lowest BCUT2D eigenvalue weighted by molar-refractivity contribution is 0.0125. The van der Waals surface area contributed by atoms with Crippen molar-refractivity contribution in [3.8, 4) is 0 Å². The summed E-state index contributed by atoms with van der Waals surface area (Å²) in [6, 6.07) is 3.86. The van der Waals surface area contributed by atoms with Crippen LogP contribution in [0.4, 0.5) is 5.95 Å². The van der Waals surface area contributed by atoms with Crippen LogP contribution in [0.2, 0.25) is 0 Å². The minimum absolute atomic E-state index is 0.106. The first-order chi connectivity index (χ1) is 11.2. The fourth-order valence-electron chi connectivity index (χ4n) is 3.36. The third-order valence-corrected chi connectivity index (χ3v) is 5.16. The number of hydrogen-bond donors (Lipinski definition) is 1. The molecule has 6 nitrogen and oxygen atoms in total. The number of hydrogen-bond acceptors (Lipinski definition) is 6. The Hall–Kier alpha value is -1.99. The number of thiophene rings is 1. The zero-order valence-electron chi connectivity index (χ0n) is 12.6. The molecule has 4 heterocycles. The van der Waals surface area contributed by atoms with E-state index in [9.17, 15) is 4.79 Å². The van der Waals surface area contributed by atoms with Crippen LogP contribution in [0.3, 0.4) is 0 Å². The number of anilines is 1. The highest BCUT2D eigenvalue weighted by molar-refractivity contribution is 7.08. The number of nitrogens with one attached hydrogen (secondary N) is 1. The molecule has 2 aromatic heterocycles. The van der Waals surface area contributed by atoms with Crippen LogP contribution in [-0.4, -0.2) is 52.1 Å². The Kier molecular flexibility index (Phi) is 3.74. The fourth-order valence-corrected chi connectivity index (χ4v) is 3.99. The SMILES string of the molecule is O=C(c1ccsc1)N1CC[C@@]2(C[C@H](Nc3ncccn3)CO2)C1. The molecule has 23 heavy (non-hydrogen) atoms. The Bertz CT molecular complexity index is 679. The van der Waals surface area contributed by atoms with Crippen molar-refractivity contribution in [1.82, 2.24) is 14.9 Å². The maximum absolute atomic E-state index is 12.5. The van der Waals surface area contributed by atoms with Crippen molar-refractivity contribution in [2.45, 2.75) is 24.5 Å². The normalized spacial score (nSPS) is 26.8. The number of likely N-dealkylation sites (tertiary alicyclic amines) is 1. The lowest BCUT2D eigenvalue weighted by atomic mass is 9.97. The van der Waals surface area contributed by atoms with E-state index in [0.717, 1.165) is 24.9 Å². The number of rotatable bonds is 3. The summed E-state index contributed by atoms with van der Waals surface area (Å²) < 4.78 is 6.07. The van der Waals surface area contributed by atoms with Crippen LogP contribution in [0.15, 0.2) is 35.3 Å². The zero-order chi connectivity index (χ0) is 15.7. The molecule has 0 unspecified atom stereocenters. The van der Waals surface area contributed by atoms with Crippen LogP contribution < -0.4 is 5.32 Å². The van der Waals surface area contributed by atoms with Crippen LogP contribution in [0.1, 0.15) is 23.2 Å². The molecule has 2 aliphatic rings. The van der Waals surface area contributed by atoms with Crippen molar-refractivity contribution in [2.24, 2.45) is 0 Å². The average molecular weight is 330 g/mol. The summed E-state index contributed by atoms with van der Waals surface area (Å²) in [6.07, 6.45) is 5.20. The first-order valence-electron chi connectivity index (χ1n) is 7.73. The Labute approximate surface area is 138 Å². The van der Waals surface area contributed by atoms with Gasteiger partial charge in [0.2, 0.25) is 5.95 Å². The van der Waals surface area contributed by atoms with Gasteiger partial charge in [-0.25, -0.2) is 9.97 Å². The third kappa shape index (κ3) is 2.94. The van der Waals surface area contributed by atoms with Crippen molar-refractivity contribution in [3.63, 3.8) is 0 Å². The Morgan fingerprint density at radius 2 is 2.30 bits per heavy atom. The van der Waals surface area contributed by atoms with Gasteiger partial charge in [0.15, 0.2) is 0 Å². The van der Waals surface area contributed by atoms with Gasteiger partial charge in [-0.3, -0.25) is 4.79 Å². The molecule has 2 aromatic rings. The Morgan fingerprint density at radius 3 is 3.09 bits per heavy atom. The molecule has 2 fully saturated rings. The summed E-state index contributed by atoms with van der Waals surface area (Å²) in [5.74, 6) is 0.733. The van der Waals surface area contributed by atoms with Gasteiger partial charge in [-0.05, 0) is 23.9 Å². The molecule has 2 saturated heterocycles. The molecular formula is C16H18N4O2S. The largest absolute Gasteiger partial charge is 0.371 e. The van der Waals surface area contributed by atoms with E-state index in [4.69, 9.17) is 4.74 Å². The van der Waals surface area contributed by atoms with Crippen molar-refractivity contribution in [2.75, 3.05) is 25.0 Å². The number of carbonyl (C=O) groups excluding carboxylic acids is 1. The van der Waals surface area contributed by atoms with E-state index < -0.39 is 0 Å². The topological polar surface area (TPSA) is 67.4 Å². The van der Waals surface area contributed by atoms with E-state index in [0.29, 0.717) is 19.1 Å². The van der Waals surface area contributed by atoms with Gasteiger partial charge in [-0.15, -0.1) is 0 Å². The van der Waals surface area contributed by atoms with E-state index in [-0.39, 0.29) is 17.6 Å². The van der Waals surface area contributed by atoms with Crippen molar-refractivity contribution >= 4 is 23.2 Å². The van der Waals surface area contributed by atoms with Crippen LogP contribution in [0.5, 0.6) is 0 Å². The lowest BCUT2D eigenvalue weighted by Crippen LogP contribution is -2.36. The van der Waals surface area contributed by atoms with Crippen molar-refractivity contribution in [3.05, 3.63) is 40.8 Å². The number of carbonyl (C=O) groups is 1. The van der Waals surface area contributed by atoms with Gasteiger partial charge in [0.25, 0.3) is 5.91 Å². The Balaban J connectivity index is 1.38. The second-order valence-electron chi connectivity index (χ2n) is 6.10. The molecule has 1 spiro atoms. The first-order valence-corrected chi connectivity index (χ1v) is 8.67. The first kappa shape index (κ1) is 14.6. The maximum Gasteiger partial charge on any atom is 0.254 e. The second kappa shape index (κ2) is 5.90. The smallest absolute Gasteiger partial charge is 0.254 e. The molecule has 0 aromatic carbocycles. The number of nitrogens with zero attached hydrogens (tertiary/aromatic N) is 3. The minimum atomic E-state index is -0.224. The highest BCUT2D eigenvalue weighted by Gasteiger charge is 2.47. The average Bonchev–Trinajstić information content (AvgIpc) is 3.31. The molecule has 1 N–H and O–H groups in total. The highest BCUT2D eigenvalue weighted by atomic mass is 32.1. The summed E-state index contributed by atoms with van der Waals surface area (Å²) >= 11 is 1.55. The molecule has 2 atom stereocenters. The number of aromatic nitrogens is 2. The highest BCUT2D eigenvalue weighted by Crippen LogP contribution is 2.36. The quantitative estimate of drug-likeness (QED) is 0.932. The van der Waals surface area contributed by atoms with Gasteiger partial charge >= 0.3 is 0 Å². The predicted molar refractivity (Wildman–Crippen MR) is 87.6 cm³/mol. The van der Waals surface area contributed by atoms with E-state index in [2.05, 4.69) is 15.3 Å². The van der Waals surface area contributed by atoms with E-state index in [1.54, 1.807) is 29.8 Å². The van der Waals surface area contributed by atoms with Gasteiger partial charge in [0.1, 0.15) is 0 Å². The lowest BCUT2D eigenvalue weighted by Gasteiger charge is -2.23. The second-order valence-corrected chi connectivity index (χ2v) is 6.88. The molecular weight excluding hydrogens is 312 g/mol. The van der Waals surface area contributed by atoms with Crippen LogP contribution in [-0.2, 0) is 4.74 Å². The van der Waals surface area contributed by atoms with Crippen LogP contribution in [0.25, 0.3) is 0 Å². The van der Waals surface area contributed by atoms with Gasteiger partial charge in [0, 0.05) is 30.7 Å². The zero-order valence-corrected chi connectivity index (χ0v) is 13.5. The van der Waals surface area contributed by atoms with E-state index in [1.807, 2.05) is 21.7 Å². The molecule has 7 heteroatoms. The number of ether oxygens (including phenoxy) is 1. The molecule has 4 rings (SSSR count). The van der Waals surface area contributed by atoms with Crippen molar-refractivity contribution < 1.29 is 9.53 Å². The van der Waals surface area contributed by atoms with E-state index in [1.165, 1.54) is 0 Å². The molecule has 1 amide bonds. The van der Waals surface area contributed by atoms with Crippen LogP contribution >= 0.6 is 11.3 Å². The van der Waals surface area contributed by atoms with Gasteiger partial charge in [-0.2, -0.15) is 11.3 Å². The molecule has 0 radical (unpaired) electrons. The molecule has 0 aliphatic carbocycles. The summed E-state index contributed by atoms with van der Waals surface area (Å²) in [6.45, 7) is 2.04.